The van der Waals surface area contributed by atoms with Crippen molar-refractivity contribution >= 4 is 6.03 Å². The summed E-state index contributed by atoms with van der Waals surface area (Å²) >= 11 is 0. The molecule has 1 aromatic carbocycles. The van der Waals surface area contributed by atoms with Crippen LogP contribution in [0.1, 0.15) is 41.3 Å². The van der Waals surface area contributed by atoms with E-state index >= 15 is 0 Å². The molecule has 0 aliphatic carbocycles. The summed E-state index contributed by atoms with van der Waals surface area (Å²) in [5.41, 5.74) is 4.00. The van der Waals surface area contributed by atoms with Crippen LogP contribution in [0, 0.1) is 13.8 Å². The molecule has 4 rings (SSSR count). The van der Waals surface area contributed by atoms with Crippen molar-refractivity contribution in [3.63, 3.8) is 0 Å². The number of amides is 2. The van der Waals surface area contributed by atoms with Crippen LogP contribution in [-0.4, -0.2) is 44.8 Å². The van der Waals surface area contributed by atoms with Crippen molar-refractivity contribution < 1.29 is 4.79 Å². The van der Waals surface area contributed by atoms with Gasteiger partial charge in [-0.1, -0.05) is 23.8 Å². The van der Waals surface area contributed by atoms with E-state index in [1.54, 1.807) is 6.33 Å². The third-order valence-corrected chi connectivity index (χ3v) is 5.47. The van der Waals surface area contributed by atoms with Gasteiger partial charge in [0.05, 0.1) is 12.6 Å². The maximum Gasteiger partial charge on any atom is 0.317 e. The Kier molecular flexibility index (Phi) is 4.19. The van der Waals surface area contributed by atoms with Gasteiger partial charge in [0.1, 0.15) is 12.2 Å². The molecule has 2 unspecified atom stereocenters. The lowest BCUT2D eigenvalue weighted by atomic mass is 9.93. The molecule has 2 atom stereocenters. The zero-order chi connectivity index (χ0) is 17.4. The summed E-state index contributed by atoms with van der Waals surface area (Å²) in [5, 5.41) is 7.41. The monoisotopic (exact) mass is 339 g/mol. The summed E-state index contributed by atoms with van der Waals surface area (Å²) in [5.74, 6) is 1.46. The van der Waals surface area contributed by atoms with Crippen molar-refractivity contribution in [3.05, 3.63) is 47.0 Å². The first-order valence-electron chi connectivity index (χ1n) is 9.09. The molecule has 2 aliphatic heterocycles. The van der Waals surface area contributed by atoms with Gasteiger partial charge >= 0.3 is 6.03 Å². The highest BCUT2D eigenvalue weighted by atomic mass is 16.2. The number of carbonyl (C=O) groups is 1. The predicted molar refractivity (Wildman–Crippen MR) is 95.5 cm³/mol. The number of benzene rings is 1. The Balaban J connectivity index is 1.36. The molecule has 0 bridgehead atoms. The summed E-state index contributed by atoms with van der Waals surface area (Å²) in [7, 11) is 0. The Morgan fingerprint density at radius 1 is 1.24 bits per heavy atom. The highest BCUT2D eigenvalue weighted by molar-refractivity contribution is 5.75. The molecule has 25 heavy (non-hydrogen) atoms. The van der Waals surface area contributed by atoms with Gasteiger partial charge in [-0.05, 0) is 37.8 Å². The summed E-state index contributed by atoms with van der Waals surface area (Å²) < 4.78 is 1.90. The van der Waals surface area contributed by atoms with Crippen molar-refractivity contribution in [1.82, 2.24) is 25.0 Å². The quantitative estimate of drug-likeness (QED) is 0.914. The number of hydrogen-bond donors (Lipinski definition) is 1. The zero-order valence-electron chi connectivity index (χ0n) is 14.9. The minimum absolute atomic E-state index is 0.0563. The van der Waals surface area contributed by atoms with Gasteiger partial charge < -0.3 is 10.2 Å². The molecule has 6 heteroatoms. The van der Waals surface area contributed by atoms with Crippen molar-refractivity contribution in [2.75, 3.05) is 13.1 Å². The molecule has 3 heterocycles. The van der Waals surface area contributed by atoms with Gasteiger partial charge in [0.15, 0.2) is 0 Å². The predicted octanol–water partition coefficient (Wildman–Crippen LogP) is 2.41. The molecule has 132 valence electrons. The Morgan fingerprint density at radius 2 is 2.12 bits per heavy atom. The average Bonchev–Trinajstić information content (AvgIpc) is 3.23. The number of carbonyl (C=O) groups excluding carboxylic acids is 1. The van der Waals surface area contributed by atoms with Crippen LogP contribution in [0.2, 0.25) is 0 Å². The van der Waals surface area contributed by atoms with Crippen molar-refractivity contribution in [2.24, 2.45) is 0 Å². The van der Waals surface area contributed by atoms with E-state index in [0.29, 0.717) is 5.92 Å². The number of rotatable bonds is 2. The largest absolute Gasteiger partial charge is 0.333 e. The second kappa shape index (κ2) is 6.50. The van der Waals surface area contributed by atoms with E-state index in [1.807, 2.05) is 9.58 Å². The number of nitrogens with one attached hydrogen (secondary N) is 1. The Labute approximate surface area is 148 Å². The lowest BCUT2D eigenvalue weighted by Gasteiger charge is -2.26. The molecule has 0 radical (unpaired) electrons. The van der Waals surface area contributed by atoms with Crippen LogP contribution in [-0.2, 0) is 13.0 Å². The first kappa shape index (κ1) is 16.1. The number of aromatic nitrogens is 3. The molecular formula is C19H25N5O. The first-order chi connectivity index (χ1) is 12.1. The van der Waals surface area contributed by atoms with E-state index in [2.05, 4.69) is 47.4 Å². The molecule has 6 nitrogen and oxygen atoms in total. The third-order valence-electron chi connectivity index (χ3n) is 5.47. The fraction of sp³-hybridized carbons (Fsp3) is 0.526. The molecule has 2 aromatic rings. The second-order valence-electron chi connectivity index (χ2n) is 7.34. The number of urea groups is 1. The Hall–Kier alpha value is -2.37. The highest BCUT2D eigenvalue weighted by Crippen LogP contribution is 2.30. The van der Waals surface area contributed by atoms with Crippen molar-refractivity contribution in [1.29, 1.82) is 0 Å². The summed E-state index contributed by atoms with van der Waals surface area (Å²) in [6.45, 7) is 6.64. The lowest BCUT2D eigenvalue weighted by Crippen LogP contribution is -2.47. The van der Waals surface area contributed by atoms with Crippen LogP contribution in [0.3, 0.4) is 0 Å². The van der Waals surface area contributed by atoms with E-state index in [9.17, 15) is 4.79 Å². The van der Waals surface area contributed by atoms with E-state index < -0.39 is 0 Å². The van der Waals surface area contributed by atoms with E-state index in [1.165, 1.54) is 16.7 Å². The molecule has 2 amide bonds. The number of likely N-dealkylation sites (tertiary alicyclic amines) is 1. The average molecular weight is 339 g/mol. The van der Waals surface area contributed by atoms with Gasteiger partial charge in [0.2, 0.25) is 0 Å². The van der Waals surface area contributed by atoms with E-state index in [0.717, 1.165) is 44.7 Å². The number of aryl methyl sites for hydroxylation is 3. The van der Waals surface area contributed by atoms with Crippen molar-refractivity contribution in [2.45, 2.75) is 51.6 Å². The minimum Gasteiger partial charge on any atom is -0.333 e. The number of fused-ring (bicyclic) bond motifs is 1. The van der Waals surface area contributed by atoms with Crippen LogP contribution in [0.15, 0.2) is 24.5 Å². The minimum atomic E-state index is 0.0563. The summed E-state index contributed by atoms with van der Waals surface area (Å²) in [4.78, 5) is 18.8. The standard InChI is InChI=1S/C19H25N5O/c1-13-3-5-17(14(2)9-13)15-7-8-23(10-15)19(25)22-16-4-6-18-20-12-21-24(18)11-16/h3,5,9,12,15-16H,4,6-8,10-11H2,1-2H3,(H,22,25). The fourth-order valence-corrected chi connectivity index (χ4v) is 4.10. The van der Waals surface area contributed by atoms with Crippen molar-refractivity contribution in [3.8, 4) is 0 Å². The molecule has 0 saturated carbocycles. The maximum atomic E-state index is 12.6. The second-order valence-corrected chi connectivity index (χ2v) is 7.34. The summed E-state index contributed by atoms with van der Waals surface area (Å²) in [6, 6.07) is 6.82. The molecular weight excluding hydrogens is 314 g/mol. The number of hydrogen-bond acceptors (Lipinski definition) is 3. The van der Waals surface area contributed by atoms with Crippen LogP contribution in [0.4, 0.5) is 4.79 Å². The Bertz CT molecular complexity index is 784. The lowest BCUT2D eigenvalue weighted by molar-refractivity contribution is 0.199. The first-order valence-corrected chi connectivity index (χ1v) is 9.09. The van der Waals surface area contributed by atoms with E-state index in [-0.39, 0.29) is 12.1 Å². The third kappa shape index (κ3) is 3.25. The highest BCUT2D eigenvalue weighted by Gasteiger charge is 2.30. The van der Waals surface area contributed by atoms with Gasteiger partial charge in [-0.2, -0.15) is 5.10 Å². The SMILES string of the molecule is Cc1ccc(C2CCN(C(=O)NC3CCc4ncnn4C3)C2)c(C)c1. The maximum absolute atomic E-state index is 12.6. The fourth-order valence-electron chi connectivity index (χ4n) is 4.10. The normalized spacial score (nSPS) is 22.7. The van der Waals surface area contributed by atoms with Gasteiger partial charge in [-0.25, -0.2) is 14.5 Å². The van der Waals surface area contributed by atoms with E-state index in [4.69, 9.17) is 0 Å². The van der Waals surface area contributed by atoms with Crippen LogP contribution < -0.4 is 5.32 Å². The van der Waals surface area contributed by atoms with Crippen LogP contribution in [0.5, 0.6) is 0 Å². The smallest absolute Gasteiger partial charge is 0.317 e. The van der Waals surface area contributed by atoms with Crippen LogP contribution >= 0.6 is 0 Å². The molecule has 1 aromatic heterocycles. The molecule has 1 fully saturated rings. The number of nitrogens with zero attached hydrogens (tertiary/aromatic N) is 4. The van der Waals surface area contributed by atoms with Gasteiger partial charge in [-0.3, -0.25) is 0 Å². The summed E-state index contributed by atoms with van der Waals surface area (Å²) in [6.07, 6.45) is 4.43. The Morgan fingerprint density at radius 3 is 2.96 bits per heavy atom. The zero-order valence-corrected chi connectivity index (χ0v) is 14.9. The van der Waals surface area contributed by atoms with Crippen LogP contribution in [0.25, 0.3) is 0 Å². The topological polar surface area (TPSA) is 63.1 Å². The molecule has 1 saturated heterocycles. The molecule has 1 N–H and O–H groups in total. The molecule has 2 aliphatic rings. The van der Waals surface area contributed by atoms with Gasteiger partial charge in [-0.15, -0.1) is 0 Å². The van der Waals surface area contributed by atoms with Gasteiger partial charge in [0, 0.05) is 25.4 Å². The molecule has 0 spiro atoms. The van der Waals surface area contributed by atoms with Gasteiger partial charge in [0.25, 0.3) is 0 Å².